The Bertz CT molecular complexity index is 1370. The van der Waals surface area contributed by atoms with Gasteiger partial charge in [0.25, 0.3) is 5.91 Å². The molecule has 0 radical (unpaired) electrons. The minimum Gasteiger partial charge on any atom is -0.480 e. The molecule has 33 heavy (non-hydrogen) atoms. The molecule has 0 bridgehead atoms. The number of nitrogens with one attached hydrogen (secondary N) is 2. The summed E-state index contributed by atoms with van der Waals surface area (Å²) in [6.45, 7) is 3.50. The largest absolute Gasteiger partial charge is 0.480 e. The van der Waals surface area contributed by atoms with Crippen molar-refractivity contribution in [2.24, 2.45) is 0 Å². The first-order chi connectivity index (χ1) is 16.0. The molecule has 0 saturated carbocycles. The molecule has 1 saturated heterocycles. The fourth-order valence-corrected chi connectivity index (χ4v) is 4.27. The molecule has 10 heteroatoms. The van der Waals surface area contributed by atoms with Crippen LogP contribution in [0.25, 0.3) is 16.7 Å². The molecular weight excluding hydrogens is 425 g/mol. The van der Waals surface area contributed by atoms with Crippen molar-refractivity contribution in [2.75, 3.05) is 37.5 Å². The zero-order chi connectivity index (χ0) is 23.1. The summed E-state index contributed by atoms with van der Waals surface area (Å²) in [5.74, 6) is -0.625. The van der Waals surface area contributed by atoms with Gasteiger partial charge in [0.05, 0.1) is 35.9 Å². The van der Waals surface area contributed by atoms with E-state index in [1.54, 1.807) is 36.0 Å². The minimum atomic E-state index is -0.518. The quantitative estimate of drug-likeness (QED) is 0.484. The number of methoxy groups -OCH3 is 1. The molecule has 0 spiro atoms. The van der Waals surface area contributed by atoms with E-state index >= 15 is 0 Å². The Hall–Kier alpha value is -3.79. The second kappa shape index (κ2) is 8.28. The summed E-state index contributed by atoms with van der Waals surface area (Å²) in [6, 6.07) is 5.26. The number of amides is 1. The fourth-order valence-electron chi connectivity index (χ4n) is 4.27. The van der Waals surface area contributed by atoms with Crippen molar-refractivity contribution in [2.45, 2.75) is 19.4 Å². The predicted octanol–water partition coefficient (Wildman–Crippen LogP) is 2.78. The van der Waals surface area contributed by atoms with Crippen molar-refractivity contribution in [1.82, 2.24) is 24.7 Å². The normalized spacial score (nSPS) is 16.0. The summed E-state index contributed by atoms with van der Waals surface area (Å²) < 4.78 is 21.3. The zero-order valence-electron chi connectivity index (χ0n) is 18.6. The lowest BCUT2D eigenvalue weighted by molar-refractivity contribution is 0.102. The van der Waals surface area contributed by atoms with Crippen LogP contribution in [-0.2, 0) is 0 Å². The van der Waals surface area contributed by atoms with Crippen LogP contribution in [0.5, 0.6) is 5.88 Å². The molecule has 2 N–H and O–H groups in total. The molecular formula is C23H24FN7O2. The molecule has 1 aliphatic rings. The SMILES string of the molecule is CN[C@@H]1CCN(c2ccc(C(=O)Nc3cc(F)c4nc(C)cn4c3)c3nc(OC)cnc23)C1. The lowest BCUT2D eigenvalue weighted by Gasteiger charge is -2.21. The standard InChI is InChI=1S/C23H24FN7O2/c1-13-10-31-12-15(8-17(24)22(31)27-13)28-23(32)16-4-5-18(30-7-6-14(11-30)25-2)21-20(16)29-19(33-3)9-26-21/h4-5,8-10,12,14,25H,6-7,11H2,1-3H3,(H,28,32)/t14-/m1/s1. The molecule has 1 atom stereocenters. The van der Waals surface area contributed by atoms with Crippen LogP contribution in [-0.4, -0.2) is 58.5 Å². The monoisotopic (exact) mass is 449 g/mol. The number of imidazole rings is 1. The van der Waals surface area contributed by atoms with Crippen molar-refractivity contribution in [3.05, 3.63) is 53.9 Å². The fraction of sp³-hybridized carbons (Fsp3) is 0.304. The first-order valence-corrected chi connectivity index (χ1v) is 10.7. The summed E-state index contributed by atoms with van der Waals surface area (Å²) in [5, 5.41) is 6.08. The minimum absolute atomic E-state index is 0.210. The van der Waals surface area contributed by atoms with E-state index in [0.717, 1.165) is 25.2 Å². The number of aryl methyl sites for hydroxylation is 1. The third-order valence-corrected chi connectivity index (χ3v) is 5.93. The second-order valence-electron chi connectivity index (χ2n) is 8.11. The maximum absolute atomic E-state index is 14.5. The van der Waals surface area contributed by atoms with Crippen molar-refractivity contribution >= 4 is 34.0 Å². The van der Waals surface area contributed by atoms with Crippen molar-refractivity contribution < 1.29 is 13.9 Å². The molecule has 1 aromatic carbocycles. The summed E-state index contributed by atoms with van der Waals surface area (Å²) in [6.07, 6.45) is 5.89. The van der Waals surface area contributed by atoms with Gasteiger partial charge in [0.15, 0.2) is 11.5 Å². The van der Waals surface area contributed by atoms with Gasteiger partial charge in [-0.05, 0) is 32.5 Å². The van der Waals surface area contributed by atoms with Gasteiger partial charge in [-0.3, -0.25) is 4.79 Å². The Balaban J connectivity index is 1.53. The number of carbonyl (C=O) groups excluding carboxylic acids is 1. The van der Waals surface area contributed by atoms with Crippen LogP contribution in [0.15, 0.2) is 36.8 Å². The predicted molar refractivity (Wildman–Crippen MR) is 124 cm³/mol. The van der Waals surface area contributed by atoms with Gasteiger partial charge in [0, 0.05) is 37.6 Å². The summed E-state index contributed by atoms with van der Waals surface area (Å²) >= 11 is 0. The number of ether oxygens (including phenoxy) is 1. The third-order valence-electron chi connectivity index (χ3n) is 5.93. The van der Waals surface area contributed by atoms with Crippen LogP contribution in [0.4, 0.5) is 15.8 Å². The lowest BCUT2D eigenvalue weighted by Crippen LogP contribution is -2.29. The van der Waals surface area contributed by atoms with E-state index in [4.69, 9.17) is 4.74 Å². The van der Waals surface area contributed by atoms with E-state index in [-0.39, 0.29) is 5.65 Å². The highest BCUT2D eigenvalue weighted by Gasteiger charge is 2.25. The Morgan fingerprint density at radius 1 is 1.24 bits per heavy atom. The van der Waals surface area contributed by atoms with Gasteiger partial charge in [0.2, 0.25) is 5.88 Å². The highest BCUT2D eigenvalue weighted by atomic mass is 19.1. The van der Waals surface area contributed by atoms with Crippen molar-refractivity contribution in [1.29, 1.82) is 0 Å². The summed E-state index contributed by atoms with van der Waals surface area (Å²) in [7, 11) is 3.46. The van der Waals surface area contributed by atoms with Gasteiger partial charge in [-0.1, -0.05) is 0 Å². The molecule has 1 amide bonds. The first kappa shape index (κ1) is 21.1. The van der Waals surface area contributed by atoms with Crippen LogP contribution >= 0.6 is 0 Å². The molecule has 9 nitrogen and oxygen atoms in total. The molecule has 4 heterocycles. The van der Waals surface area contributed by atoms with Crippen LogP contribution in [0.3, 0.4) is 0 Å². The van der Waals surface area contributed by atoms with Crippen molar-refractivity contribution in [3.8, 4) is 5.88 Å². The van der Waals surface area contributed by atoms with Gasteiger partial charge in [-0.15, -0.1) is 0 Å². The molecule has 170 valence electrons. The number of likely N-dealkylation sites (N-methyl/N-ethyl adjacent to an activating group) is 1. The number of halogens is 1. The number of hydrogen-bond acceptors (Lipinski definition) is 7. The van der Waals surface area contributed by atoms with E-state index in [1.165, 1.54) is 13.2 Å². The van der Waals surface area contributed by atoms with Crippen LogP contribution in [0.1, 0.15) is 22.5 Å². The first-order valence-electron chi connectivity index (χ1n) is 10.7. The maximum Gasteiger partial charge on any atom is 0.257 e. The average molecular weight is 449 g/mol. The molecule has 5 rings (SSSR count). The van der Waals surface area contributed by atoms with Gasteiger partial charge in [0.1, 0.15) is 11.0 Å². The van der Waals surface area contributed by atoms with Crippen LogP contribution in [0.2, 0.25) is 0 Å². The van der Waals surface area contributed by atoms with Crippen molar-refractivity contribution in [3.63, 3.8) is 0 Å². The second-order valence-corrected chi connectivity index (χ2v) is 8.11. The van der Waals surface area contributed by atoms with E-state index in [9.17, 15) is 9.18 Å². The zero-order valence-corrected chi connectivity index (χ0v) is 18.6. The smallest absolute Gasteiger partial charge is 0.257 e. The Morgan fingerprint density at radius 3 is 2.85 bits per heavy atom. The summed E-state index contributed by atoms with van der Waals surface area (Å²) in [5.41, 5.74) is 3.49. The third kappa shape index (κ3) is 3.82. The number of hydrogen-bond donors (Lipinski definition) is 2. The summed E-state index contributed by atoms with van der Waals surface area (Å²) in [4.78, 5) is 28.7. The highest BCUT2D eigenvalue weighted by Crippen LogP contribution is 2.31. The van der Waals surface area contributed by atoms with Crippen LogP contribution in [0, 0.1) is 12.7 Å². The van der Waals surface area contributed by atoms with E-state index in [2.05, 4.69) is 30.5 Å². The van der Waals surface area contributed by atoms with Gasteiger partial charge in [-0.25, -0.2) is 19.3 Å². The number of nitrogens with zero attached hydrogens (tertiary/aromatic N) is 5. The number of benzene rings is 1. The topological polar surface area (TPSA) is 96.7 Å². The molecule has 1 aliphatic heterocycles. The van der Waals surface area contributed by atoms with Crippen LogP contribution < -0.4 is 20.3 Å². The molecule has 4 aromatic rings. The number of pyridine rings is 1. The molecule has 0 aliphatic carbocycles. The van der Waals surface area contributed by atoms with E-state index < -0.39 is 11.7 Å². The number of fused-ring (bicyclic) bond motifs is 2. The average Bonchev–Trinajstić information content (AvgIpc) is 3.44. The van der Waals surface area contributed by atoms with Gasteiger partial charge >= 0.3 is 0 Å². The number of carbonyl (C=O) groups is 1. The number of rotatable bonds is 5. The molecule has 0 unspecified atom stereocenters. The molecule has 3 aromatic heterocycles. The Labute approximate surface area is 189 Å². The molecule has 1 fully saturated rings. The Morgan fingerprint density at radius 2 is 2.09 bits per heavy atom. The maximum atomic E-state index is 14.5. The van der Waals surface area contributed by atoms with E-state index in [1.807, 2.05) is 13.1 Å². The highest BCUT2D eigenvalue weighted by molar-refractivity contribution is 6.13. The van der Waals surface area contributed by atoms with Gasteiger partial charge in [-0.2, -0.15) is 0 Å². The number of anilines is 2. The van der Waals surface area contributed by atoms with E-state index in [0.29, 0.717) is 39.9 Å². The van der Waals surface area contributed by atoms with Gasteiger partial charge < -0.3 is 24.7 Å². The Kier molecular flexibility index (Phi) is 5.29. The number of aromatic nitrogens is 4. The lowest BCUT2D eigenvalue weighted by atomic mass is 10.1.